The van der Waals surface area contributed by atoms with Crippen molar-refractivity contribution in [3.05, 3.63) is 39.9 Å². The fraction of sp³-hybridized carbons (Fsp3) is 0.467. The van der Waals surface area contributed by atoms with Gasteiger partial charge in [0.1, 0.15) is 0 Å². The Hall–Kier alpha value is -2.48. The van der Waals surface area contributed by atoms with E-state index in [1.54, 1.807) is 4.90 Å². The molecular weight excluding hydrogens is 304 g/mol. The van der Waals surface area contributed by atoms with Crippen LogP contribution in [0.15, 0.2) is 24.3 Å². The van der Waals surface area contributed by atoms with Gasteiger partial charge in [-0.3, -0.25) is 14.9 Å². The molecule has 1 aliphatic rings. The first-order valence-corrected chi connectivity index (χ1v) is 7.21. The minimum atomic E-state index is -0.692. The molecule has 8 heteroatoms. The highest BCUT2D eigenvalue weighted by molar-refractivity contribution is 5.91. The summed E-state index contributed by atoms with van der Waals surface area (Å²) in [5.74, 6) is -0.982. The van der Waals surface area contributed by atoms with E-state index in [1.807, 2.05) is 13.8 Å². The predicted octanol–water partition coefficient (Wildman–Crippen LogP) is 1.39. The third-order valence-corrected chi connectivity index (χ3v) is 3.41. The summed E-state index contributed by atoms with van der Waals surface area (Å²) >= 11 is 0. The number of morpholine rings is 1. The molecule has 0 radical (unpaired) electrons. The van der Waals surface area contributed by atoms with E-state index >= 15 is 0 Å². The van der Waals surface area contributed by atoms with Crippen LogP contribution in [-0.4, -0.2) is 53.6 Å². The molecule has 1 aromatic rings. The van der Waals surface area contributed by atoms with Crippen molar-refractivity contribution in [1.82, 2.24) is 4.90 Å². The van der Waals surface area contributed by atoms with Gasteiger partial charge in [0.15, 0.2) is 6.61 Å². The van der Waals surface area contributed by atoms with Crippen LogP contribution < -0.4 is 0 Å². The third kappa shape index (κ3) is 4.49. The number of non-ortho nitro benzene ring substituents is 1. The highest BCUT2D eigenvalue weighted by atomic mass is 16.6. The maximum atomic E-state index is 12.1. The van der Waals surface area contributed by atoms with Crippen LogP contribution in [0.25, 0.3) is 0 Å². The topological polar surface area (TPSA) is 99.0 Å². The molecule has 0 unspecified atom stereocenters. The van der Waals surface area contributed by atoms with Crippen LogP contribution >= 0.6 is 0 Å². The number of benzene rings is 1. The second-order valence-electron chi connectivity index (χ2n) is 5.44. The number of amides is 1. The third-order valence-electron chi connectivity index (χ3n) is 3.41. The van der Waals surface area contributed by atoms with E-state index in [9.17, 15) is 19.7 Å². The zero-order valence-electron chi connectivity index (χ0n) is 12.9. The Morgan fingerprint density at radius 2 is 1.83 bits per heavy atom. The zero-order chi connectivity index (χ0) is 17.0. The maximum Gasteiger partial charge on any atom is 0.338 e. The van der Waals surface area contributed by atoms with Crippen LogP contribution in [0.5, 0.6) is 0 Å². The van der Waals surface area contributed by atoms with Crippen LogP contribution in [0.1, 0.15) is 24.2 Å². The van der Waals surface area contributed by atoms with E-state index in [2.05, 4.69) is 0 Å². The number of nitro groups is 1. The SMILES string of the molecule is C[C@H]1CN(C(=O)COC(=O)c2ccc([N+](=O)[O-])cc2)C[C@H](C)O1. The first kappa shape index (κ1) is 16.9. The highest BCUT2D eigenvalue weighted by Crippen LogP contribution is 2.13. The van der Waals surface area contributed by atoms with E-state index in [4.69, 9.17) is 9.47 Å². The monoisotopic (exact) mass is 322 g/mol. The van der Waals surface area contributed by atoms with Crippen LogP contribution in [0.4, 0.5) is 5.69 Å². The Labute approximate surface area is 133 Å². The van der Waals surface area contributed by atoms with E-state index in [0.29, 0.717) is 13.1 Å². The van der Waals surface area contributed by atoms with Gasteiger partial charge in [0, 0.05) is 25.2 Å². The van der Waals surface area contributed by atoms with Crippen molar-refractivity contribution >= 4 is 17.6 Å². The second kappa shape index (κ2) is 7.19. The molecule has 8 nitrogen and oxygen atoms in total. The molecule has 0 bridgehead atoms. The average molecular weight is 322 g/mol. The molecule has 1 saturated heterocycles. The summed E-state index contributed by atoms with van der Waals surface area (Å²) < 4.78 is 10.5. The molecule has 0 aromatic heterocycles. The average Bonchev–Trinajstić information content (AvgIpc) is 2.51. The summed E-state index contributed by atoms with van der Waals surface area (Å²) in [5.41, 5.74) is 0.0426. The maximum absolute atomic E-state index is 12.1. The first-order chi connectivity index (χ1) is 10.9. The number of hydrogen-bond acceptors (Lipinski definition) is 6. The van der Waals surface area contributed by atoms with Crippen molar-refractivity contribution in [2.24, 2.45) is 0 Å². The summed E-state index contributed by atoms with van der Waals surface area (Å²) in [6, 6.07) is 5.02. The predicted molar refractivity (Wildman–Crippen MR) is 80.0 cm³/mol. The number of esters is 1. The quantitative estimate of drug-likeness (QED) is 0.472. The van der Waals surface area contributed by atoms with Gasteiger partial charge in [-0.15, -0.1) is 0 Å². The molecule has 0 aliphatic carbocycles. The second-order valence-corrected chi connectivity index (χ2v) is 5.44. The van der Waals surface area contributed by atoms with E-state index in [1.165, 1.54) is 24.3 Å². The molecule has 0 spiro atoms. The van der Waals surface area contributed by atoms with Gasteiger partial charge in [0.25, 0.3) is 11.6 Å². The van der Waals surface area contributed by atoms with Crippen LogP contribution in [-0.2, 0) is 14.3 Å². The van der Waals surface area contributed by atoms with Crippen molar-refractivity contribution in [1.29, 1.82) is 0 Å². The van der Waals surface area contributed by atoms with Crippen LogP contribution in [0.2, 0.25) is 0 Å². The van der Waals surface area contributed by atoms with Crippen molar-refractivity contribution in [3.8, 4) is 0 Å². The minimum Gasteiger partial charge on any atom is -0.452 e. The number of rotatable bonds is 4. The van der Waals surface area contributed by atoms with E-state index in [0.717, 1.165) is 0 Å². The molecular formula is C15H18N2O6. The number of nitrogens with zero attached hydrogens (tertiary/aromatic N) is 2. The van der Waals surface area contributed by atoms with Gasteiger partial charge in [-0.2, -0.15) is 0 Å². The zero-order valence-corrected chi connectivity index (χ0v) is 12.9. The lowest BCUT2D eigenvalue weighted by atomic mass is 10.2. The Morgan fingerprint density at radius 1 is 1.26 bits per heavy atom. The van der Waals surface area contributed by atoms with Gasteiger partial charge < -0.3 is 14.4 Å². The fourth-order valence-corrected chi connectivity index (χ4v) is 2.40. The Kier molecular flexibility index (Phi) is 5.28. The minimum absolute atomic E-state index is 0.0620. The van der Waals surface area contributed by atoms with Crippen molar-refractivity contribution in [2.45, 2.75) is 26.1 Å². The standard InChI is InChI=1S/C15H18N2O6/c1-10-7-16(8-11(2)23-10)14(18)9-22-15(19)12-3-5-13(6-4-12)17(20)21/h3-6,10-11H,7-9H2,1-2H3/t10-,11-/m0/s1. The number of carbonyl (C=O) groups is 2. The van der Waals surface area contributed by atoms with E-state index < -0.39 is 10.9 Å². The molecule has 23 heavy (non-hydrogen) atoms. The van der Waals surface area contributed by atoms with Crippen LogP contribution in [0.3, 0.4) is 0 Å². The number of ether oxygens (including phenoxy) is 2. The molecule has 0 saturated carbocycles. The Balaban J connectivity index is 1.88. The van der Waals surface area contributed by atoms with Gasteiger partial charge in [0.05, 0.1) is 22.7 Å². The lowest BCUT2D eigenvalue weighted by Gasteiger charge is -2.35. The van der Waals surface area contributed by atoms with Crippen molar-refractivity contribution in [3.63, 3.8) is 0 Å². The summed E-state index contributed by atoms with van der Waals surface area (Å²) in [6.07, 6.45) is -0.124. The molecule has 1 aromatic carbocycles. The number of carbonyl (C=O) groups excluding carboxylic acids is 2. The molecule has 2 rings (SSSR count). The van der Waals surface area contributed by atoms with Crippen molar-refractivity contribution < 1.29 is 24.0 Å². The Bertz CT molecular complexity index is 590. The summed E-state index contributed by atoms with van der Waals surface area (Å²) in [4.78, 5) is 35.5. The van der Waals surface area contributed by atoms with Crippen LogP contribution in [0, 0.1) is 10.1 Å². The molecule has 1 heterocycles. The molecule has 1 amide bonds. The van der Waals surface area contributed by atoms with Gasteiger partial charge in [-0.1, -0.05) is 0 Å². The normalized spacial score (nSPS) is 20.9. The summed E-state index contributed by atoms with van der Waals surface area (Å²) in [5, 5.41) is 10.6. The van der Waals surface area contributed by atoms with E-state index in [-0.39, 0.29) is 36.0 Å². The first-order valence-electron chi connectivity index (χ1n) is 7.21. The molecule has 1 aliphatic heterocycles. The highest BCUT2D eigenvalue weighted by Gasteiger charge is 2.26. The summed E-state index contributed by atoms with van der Waals surface area (Å²) in [7, 11) is 0. The van der Waals surface area contributed by atoms with Gasteiger partial charge in [-0.25, -0.2) is 4.79 Å². The lowest BCUT2D eigenvalue weighted by molar-refractivity contribution is -0.384. The molecule has 1 fully saturated rings. The van der Waals surface area contributed by atoms with Gasteiger partial charge in [-0.05, 0) is 26.0 Å². The molecule has 124 valence electrons. The summed E-state index contributed by atoms with van der Waals surface area (Å²) in [6.45, 7) is 4.30. The Morgan fingerprint density at radius 3 is 2.35 bits per heavy atom. The lowest BCUT2D eigenvalue weighted by Crippen LogP contribution is -2.49. The number of nitro benzene ring substituents is 1. The van der Waals surface area contributed by atoms with Gasteiger partial charge in [0.2, 0.25) is 0 Å². The molecule has 2 atom stereocenters. The van der Waals surface area contributed by atoms with Gasteiger partial charge >= 0.3 is 5.97 Å². The molecule has 0 N–H and O–H groups in total. The van der Waals surface area contributed by atoms with Crippen molar-refractivity contribution in [2.75, 3.05) is 19.7 Å². The largest absolute Gasteiger partial charge is 0.452 e. The fourth-order valence-electron chi connectivity index (χ4n) is 2.40. The smallest absolute Gasteiger partial charge is 0.338 e. The number of hydrogen-bond donors (Lipinski definition) is 0.